The fraction of sp³-hybridized carbons (Fsp3) is 0. The molecular formula is C49H29N5. The van der Waals surface area contributed by atoms with E-state index in [1.165, 1.54) is 0 Å². The van der Waals surface area contributed by atoms with Crippen LogP contribution in [0.5, 0.6) is 0 Å². The van der Waals surface area contributed by atoms with Crippen LogP contribution in [0.4, 0.5) is 0 Å². The van der Waals surface area contributed by atoms with Gasteiger partial charge in [0.15, 0.2) is 0 Å². The summed E-state index contributed by atoms with van der Waals surface area (Å²) in [6, 6.07) is 57.4. The third kappa shape index (κ3) is 5.13. The van der Waals surface area contributed by atoms with Crippen LogP contribution in [0.1, 0.15) is 0 Å². The van der Waals surface area contributed by atoms with Crippen molar-refractivity contribution in [3.63, 3.8) is 0 Å². The van der Waals surface area contributed by atoms with E-state index in [9.17, 15) is 0 Å². The molecule has 0 spiro atoms. The number of pyridine rings is 5. The van der Waals surface area contributed by atoms with E-state index in [0.29, 0.717) is 0 Å². The predicted molar refractivity (Wildman–Crippen MR) is 222 cm³/mol. The molecule has 0 radical (unpaired) electrons. The summed E-state index contributed by atoms with van der Waals surface area (Å²) in [5, 5.41) is 7.81. The first kappa shape index (κ1) is 30.3. The molecule has 250 valence electrons. The van der Waals surface area contributed by atoms with E-state index in [1.807, 2.05) is 42.7 Å². The second-order valence-electron chi connectivity index (χ2n) is 13.8. The highest BCUT2D eigenvalue weighted by atomic mass is 14.8. The molecule has 5 heteroatoms. The molecule has 0 N–H and O–H groups in total. The number of aromatic nitrogens is 5. The Morgan fingerprint density at radius 2 is 0.852 bits per heavy atom. The normalized spacial score (nSPS) is 11.7. The number of hydrogen-bond donors (Lipinski definition) is 0. The molecule has 54 heavy (non-hydrogen) atoms. The molecule has 0 aliphatic rings. The fourth-order valence-electron chi connectivity index (χ4n) is 7.69. The van der Waals surface area contributed by atoms with Crippen LogP contribution in [0.25, 0.3) is 110 Å². The first-order chi connectivity index (χ1) is 26.7. The van der Waals surface area contributed by atoms with Gasteiger partial charge in [0, 0.05) is 56.0 Å². The van der Waals surface area contributed by atoms with Gasteiger partial charge < -0.3 is 0 Å². The van der Waals surface area contributed by atoms with Crippen molar-refractivity contribution in [1.29, 1.82) is 0 Å². The average molecular weight is 688 g/mol. The van der Waals surface area contributed by atoms with Crippen molar-refractivity contribution >= 4 is 65.3 Å². The minimum atomic E-state index is 0.926. The van der Waals surface area contributed by atoms with Gasteiger partial charge in [-0.1, -0.05) is 91.0 Å². The highest BCUT2D eigenvalue weighted by Gasteiger charge is 2.11. The van der Waals surface area contributed by atoms with Crippen molar-refractivity contribution < 1.29 is 0 Å². The van der Waals surface area contributed by atoms with E-state index in [-0.39, 0.29) is 0 Å². The van der Waals surface area contributed by atoms with Gasteiger partial charge in [0.2, 0.25) is 0 Å². The number of nitrogens with zero attached hydrogens (tertiary/aromatic N) is 5. The Bertz CT molecular complexity index is 3290. The van der Waals surface area contributed by atoms with Gasteiger partial charge in [-0.3, -0.25) is 9.97 Å². The van der Waals surface area contributed by atoms with Crippen molar-refractivity contribution in [3.8, 4) is 44.9 Å². The summed E-state index contributed by atoms with van der Waals surface area (Å²) in [5.41, 5.74) is 13.1. The van der Waals surface area contributed by atoms with E-state index in [1.54, 1.807) is 0 Å². The molecule has 0 saturated carbocycles. The summed E-state index contributed by atoms with van der Waals surface area (Å²) < 4.78 is 0. The molecule has 11 rings (SSSR count). The van der Waals surface area contributed by atoms with Gasteiger partial charge in [-0.25, -0.2) is 15.0 Å². The largest absolute Gasteiger partial charge is 0.256 e. The summed E-state index contributed by atoms with van der Waals surface area (Å²) in [6.45, 7) is 0. The molecular weight excluding hydrogens is 659 g/mol. The Kier molecular flexibility index (Phi) is 6.79. The predicted octanol–water partition coefficient (Wildman–Crippen LogP) is 12.2. The van der Waals surface area contributed by atoms with E-state index in [0.717, 1.165) is 110 Å². The first-order valence-corrected chi connectivity index (χ1v) is 18.1. The molecule has 0 aliphatic heterocycles. The highest BCUT2D eigenvalue weighted by molar-refractivity contribution is 6.03. The van der Waals surface area contributed by atoms with Crippen LogP contribution in [0.15, 0.2) is 176 Å². The second kappa shape index (κ2) is 12.1. The van der Waals surface area contributed by atoms with E-state index in [2.05, 4.69) is 143 Å². The van der Waals surface area contributed by atoms with Crippen LogP contribution < -0.4 is 0 Å². The molecule has 5 heterocycles. The van der Waals surface area contributed by atoms with Gasteiger partial charge in [0.1, 0.15) is 0 Å². The maximum absolute atomic E-state index is 5.09. The fourth-order valence-corrected chi connectivity index (χ4v) is 7.69. The summed E-state index contributed by atoms with van der Waals surface area (Å²) in [4.78, 5) is 24.3. The standard InChI is InChI=1S/C49H29N5/c1-2-6-46-40(5-1)41(23-25-50-46)47-22-17-39-29-35(15-20-44(39)53-47)34-14-19-42-38(28-34)16-21-43(52-42)36-11-9-33-27-37(12-10-32(33)26-36)45-18-13-31-8-7-30-4-3-24-51-48(30)49(31)54-45/h1-29H. The summed E-state index contributed by atoms with van der Waals surface area (Å²) in [6.07, 6.45) is 3.68. The van der Waals surface area contributed by atoms with E-state index >= 15 is 0 Å². The first-order valence-electron chi connectivity index (χ1n) is 18.1. The smallest absolute Gasteiger partial charge is 0.0972 e. The van der Waals surface area contributed by atoms with Crippen molar-refractivity contribution in [2.45, 2.75) is 0 Å². The Morgan fingerprint density at radius 1 is 0.296 bits per heavy atom. The monoisotopic (exact) mass is 687 g/mol. The van der Waals surface area contributed by atoms with Crippen molar-refractivity contribution in [1.82, 2.24) is 24.9 Å². The van der Waals surface area contributed by atoms with Gasteiger partial charge in [0.25, 0.3) is 0 Å². The molecule has 5 aromatic heterocycles. The summed E-state index contributed by atoms with van der Waals surface area (Å²) >= 11 is 0. The third-order valence-electron chi connectivity index (χ3n) is 10.5. The number of para-hydroxylation sites is 1. The molecule has 0 amide bonds. The molecule has 5 nitrogen and oxygen atoms in total. The van der Waals surface area contributed by atoms with E-state index in [4.69, 9.17) is 15.0 Å². The molecule has 6 aromatic carbocycles. The SMILES string of the molecule is c1cnc2c(c1)ccc1ccc(-c3ccc4cc(-c5ccc6cc(-c7ccc8nc(-c9ccnc%10ccccc9%10)ccc8c7)ccc6n5)ccc4c3)nc12. The van der Waals surface area contributed by atoms with Crippen molar-refractivity contribution in [3.05, 3.63) is 176 Å². The van der Waals surface area contributed by atoms with Gasteiger partial charge in [0.05, 0.1) is 44.7 Å². The molecule has 0 bridgehead atoms. The Labute approximate surface area is 310 Å². The zero-order valence-corrected chi connectivity index (χ0v) is 29.0. The molecule has 11 aromatic rings. The maximum atomic E-state index is 5.09. The van der Waals surface area contributed by atoms with Gasteiger partial charge in [-0.05, 0) is 94.7 Å². The lowest BCUT2D eigenvalue weighted by atomic mass is 9.99. The Morgan fingerprint density at radius 3 is 1.59 bits per heavy atom. The highest BCUT2D eigenvalue weighted by Crippen LogP contribution is 2.33. The minimum Gasteiger partial charge on any atom is -0.256 e. The summed E-state index contributed by atoms with van der Waals surface area (Å²) in [7, 11) is 0. The van der Waals surface area contributed by atoms with Crippen molar-refractivity contribution in [2.75, 3.05) is 0 Å². The number of hydrogen-bond acceptors (Lipinski definition) is 5. The van der Waals surface area contributed by atoms with Crippen LogP contribution in [-0.2, 0) is 0 Å². The van der Waals surface area contributed by atoms with Crippen LogP contribution in [0.2, 0.25) is 0 Å². The lowest BCUT2D eigenvalue weighted by molar-refractivity contribution is 1.37. The lowest BCUT2D eigenvalue weighted by Gasteiger charge is -2.10. The summed E-state index contributed by atoms with van der Waals surface area (Å²) in [5.74, 6) is 0. The van der Waals surface area contributed by atoms with E-state index < -0.39 is 0 Å². The Hall–Kier alpha value is -7.37. The minimum absolute atomic E-state index is 0.926. The van der Waals surface area contributed by atoms with Gasteiger partial charge in [-0.15, -0.1) is 0 Å². The quantitative estimate of drug-likeness (QED) is 0.172. The third-order valence-corrected chi connectivity index (χ3v) is 10.5. The molecule has 0 saturated heterocycles. The molecule has 0 aliphatic carbocycles. The topological polar surface area (TPSA) is 64.5 Å². The Balaban J connectivity index is 0.875. The van der Waals surface area contributed by atoms with Crippen LogP contribution in [0, 0.1) is 0 Å². The second-order valence-corrected chi connectivity index (χ2v) is 13.8. The van der Waals surface area contributed by atoms with Gasteiger partial charge in [-0.2, -0.15) is 0 Å². The van der Waals surface area contributed by atoms with Crippen LogP contribution >= 0.6 is 0 Å². The molecule has 0 unspecified atom stereocenters. The maximum Gasteiger partial charge on any atom is 0.0972 e. The molecule has 0 atom stereocenters. The van der Waals surface area contributed by atoms with Gasteiger partial charge >= 0.3 is 0 Å². The van der Waals surface area contributed by atoms with Crippen LogP contribution in [0.3, 0.4) is 0 Å². The average Bonchev–Trinajstić information content (AvgIpc) is 3.25. The zero-order chi connectivity index (χ0) is 35.6. The lowest BCUT2D eigenvalue weighted by Crippen LogP contribution is -1.90. The van der Waals surface area contributed by atoms with Crippen molar-refractivity contribution in [2.24, 2.45) is 0 Å². The number of rotatable bonds is 4. The number of benzene rings is 6. The molecule has 0 fully saturated rings. The zero-order valence-electron chi connectivity index (χ0n) is 29.0. The number of fused-ring (bicyclic) bond motifs is 7. The van der Waals surface area contributed by atoms with Crippen LogP contribution in [-0.4, -0.2) is 24.9 Å².